The van der Waals surface area contributed by atoms with Crippen LogP contribution in [0.5, 0.6) is 0 Å². The van der Waals surface area contributed by atoms with Crippen molar-refractivity contribution in [2.24, 2.45) is 0 Å². The first-order valence-corrected chi connectivity index (χ1v) is 26.4. The summed E-state index contributed by atoms with van der Waals surface area (Å²) in [5.74, 6) is -1.98. The number of aliphatic hydroxyl groups is 3. The van der Waals surface area contributed by atoms with Gasteiger partial charge in [0, 0.05) is 12.8 Å². The molecule has 0 spiro atoms. The molecule has 4 N–H and O–H groups in total. The van der Waals surface area contributed by atoms with Crippen LogP contribution in [0.1, 0.15) is 226 Å². The highest BCUT2D eigenvalue weighted by Gasteiger charge is 2.46. The third-order valence-corrected chi connectivity index (χ3v) is 12.3. The molecule has 6 atom stereocenters. The minimum atomic E-state index is -4.60. The van der Waals surface area contributed by atoms with Crippen LogP contribution in [0, 0.1) is 0 Å². The topological polar surface area (TPSA) is 186 Å². The molecule has 1 saturated heterocycles. The first-order valence-electron chi connectivity index (χ1n) is 24.7. The Labute approximate surface area is 371 Å². The normalized spacial score (nSPS) is 20.0. The van der Waals surface area contributed by atoms with Gasteiger partial charge in [-0.05, 0) is 32.1 Å². The van der Waals surface area contributed by atoms with E-state index in [4.69, 9.17) is 18.9 Å². The number of rotatable bonds is 42. The summed E-state index contributed by atoms with van der Waals surface area (Å²) in [6.07, 6.45) is 32.8. The molecule has 0 aliphatic carbocycles. The standard InChI is InChI=1S/C48H90O12S/c1-3-5-7-9-11-13-15-16-17-18-19-20-21-22-23-24-25-26-27-29-30-32-34-36-43(49)57-38-41(59-44(50)37-35-33-31-28-14-12-10-8-6-4-2)39-58-48-47(53)46(52)45(51)42(60-48)40-61(54,55)56/h8,10,41-42,45-48,51-53H,3-7,9,11-40H2,1-2H3,(H,54,55,56)/b10-8-. The molecule has 0 aromatic carbocycles. The predicted molar refractivity (Wildman–Crippen MR) is 243 cm³/mol. The van der Waals surface area contributed by atoms with Crippen LogP contribution < -0.4 is 0 Å². The van der Waals surface area contributed by atoms with Gasteiger partial charge in [-0.15, -0.1) is 0 Å². The van der Waals surface area contributed by atoms with Gasteiger partial charge in [0.15, 0.2) is 12.4 Å². The summed E-state index contributed by atoms with van der Waals surface area (Å²) in [4.78, 5) is 25.4. The summed E-state index contributed by atoms with van der Waals surface area (Å²) >= 11 is 0. The van der Waals surface area contributed by atoms with Crippen molar-refractivity contribution in [3.05, 3.63) is 12.2 Å². The molecule has 13 heteroatoms. The predicted octanol–water partition coefficient (Wildman–Crippen LogP) is 10.6. The van der Waals surface area contributed by atoms with Crippen LogP contribution in [0.3, 0.4) is 0 Å². The minimum absolute atomic E-state index is 0.157. The molecule has 0 saturated carbocycles. The largest absolute Gasteiger partial charge is 0.462 e. The Morgan fingerprint density at radius 2 is 0.967 bits per heavy atom. The van der Waals surface area contributed by atoms with Crippen molar-refractivity contribution in [2.75, 3.05) is 19.0 Å². The van der Waals surface area contributed by atoms with Gasteiger partial charge in [0.05, 0.1) is 6.61 Å². The Morgan fingerprint density at radius 1 is 0.541 bits per heavy atom. The molecular formula is C48H90O12S. The van der Waals surface area contributed by atoms with Crippen molar-refractivity contribution in [3.63, 3.8) is 0 Å². The van der Waals surface area contributed by atoms with Gasteiger partial charge in [0.1, 0.15) is 36.8 Å². The van der Waals surface area contributed by atoms with Gasteiger partial charge in [-0.1, -0.05) is 193 Å². The fraction of sp³-hybridized carbons (Fsp3) is 0.917. The van der Waals surface area contributed by atoms with E-state index in [-0.39, 0.29) is 19.4 Å². The average Bonchev–Trinajstić information content (AvgIpc) is 3.22. The highest BCUT2D eigenvalue weighted by atomic mass is 32.2. The van der Waals surface area contributed by atoms with E-state index in [0.717, 1.165) is 64.2 Å². The number of esters is 2. The van der Waals surface area contributed by atoms with Crippen LogP contribution in [0.2, 0.25) is 0 Å². The summed E-state index contributed by atoms with van der Waals surface area (Å²) in [6, 6.07) is 0. The highest BCUT2D eigenvalue weighted by molar-refractivity contribution is 7.85. The van der Waals surface area contributed by atoms with Crippen LogP contribution >= 0.6 is 0 Å². The molecule has 12 nitrogen and oxygen atoms in total. The van der Waals surface area contributed by atoms with Gasteiger partial charge in [-0.25, -0.2) is 0 Å². The van der Waals surface area contributed by atoms with E-state index in [2.05, 4.69) is 26.0 Å². The molecule has 6 unspecified atom stereocenters. The second kappa shape index (κ2) is 38.8. The van der Waals surface area contributed by atoms with Gasteiger partial charge in [-0.3, -0.25) is 14.1 Å². The number of ether oxygens (including phenoxy) is 4. The zero-order valence-electron chi connectivity index (χ0n) is 38.5. The lowest BCUT2D eigenvalue weighted by Crippen LogP contribution is -2.60. The first kappa shape index (κ1) is 57.4. The zero-order valence-corrected chi connectivity index (χ0v) is 39.4. The lowest BCUT2D eigenvalue weighted by Gasteiger charge is -2.40. The number of carbonyl (C=O) groups excluding carboxylic acids is 2. The summed E-state index contributed by atoms with van der Waals surface area (Å²) in [7, 11) is -4.60. The Morgan fingerprint density at radius 3 is 1.43 bits per heavy atom. The molecular weight excluding hydrogens is 801 g/mol. The minimum Gasteiger partial charge on any atom is -0.462 e. The molecule has 1 rings (SSSR count). The molecule has 360 valence electrons. The maximum atomic E-state index is 12.8. The lowest BCUT2D eigenvalue weighted by molar-refractivity contribution is -0.297. The fourth-order valence-corrected chi connectivity index (χ4v) is 8.43. The average molecular weight is 891 g/mol. The molecule has 1 fully saturated rings. The van der Waals surface area contributed by atoms with Crippen molar-refractivity contribution in [1.82, 2.24) is 0 Å². The number of allylic oxidation sites excluding steroid dienone is 2. The monoisotopic (exact) mass is 891 g/mol. The third-order valence-electron chi connectivity index (χ3n) is 11.6. The first-order chi connectivity index (χ1) is 29.5. The number of hydrogen-bond donors (Lipinski definition) is 4. The number of carbonyl (C=O) groups is 2. The molecule has 0 amide bonds. The smallest absolute Gasteiger partial charge is 0.306 e. The number of aliphatic hydroxyl groups excluding tert-OH is 3. The van der Waals surface area contributed by atoms with Crippen molar-refractivity contribution in [1.29, 1.82) is 0 Å². The Bertz CT molecular complexity index is 1180. The van der Waals surface area contributed by atoms with E-state index in [0.29, 0.717) is 12.8 Å². The second-order valence-corrected chi connectivity index (χ2v) is 19.0. The van der Waals surface area contributed by atoms with E-state index in [9.17, 15) is 37.9 Å². The molecule has 0 radical (unpaired) electrons. The summed E-state index contributed by atoms with van der Waals surface area (Å²) < 4.78 is 54.0. The molecule has 61 heavy (non-hydrogen) atoms. The maximum absolute atomic E-state index is 12.8. The fourth-order valence-electron chi connectivity index (χ4n) is 7.74. The van der Waals surface area contributed by atoms with Gasteiger partial charge in [0.2, 0.25) is 0 Å². The van der Waals surface area contributed by atoms with E-state index >= 15 is 0 Å². The number of hydrogen-bond acceptors (Lipinski definition) is 11. The molecule has 1 heterocycles. The quantitative estimate of drug-likeness (QED) is 0.0197. The molecule has 0 aromatic heterocycles. The maximum Gasteiger partial charge on any atom is 0.306 e. The Kier molecular flexibility index (Phi) is 36.5. The van der Waals surface area contributed by atoms with E-state index < -0.39 is 71.2 Å². The van der Waals surface area contributed by atoms with Gasteiger partial charge in [0.25, 0.3) is 10.1 Å². The van der Waals surface area contributed by atoms with Gasteiger partial charge >= 0.3 is 11.9 Å². The molecule has 0 bridgehead atoms. The second-order valence-electron chi connectivity index (χ2n) is 17.5. The van der Waals surface area contributed by atoms with Crippen LogP contribution in [0.4, 0.5) is 0 Å². The molecule has 1 aliphatic rings. The third kappa shape index (κ3) is 33.6. The molecule has 1 aliphatic heterocycles. The van der Waals surface area contributed by atoms with Crippen molar-refractivity contribution < 1.29 is 56.8 Å². The summed E-state index contributed by atoms with van der Waals surface area (Å²) in [5, 5.41) is 30.9. The van der Waals surface area contributed by atoms with E-state index in [1.54, 1.807) is 0 Å². The Balaban J connectivity index is 2.29. The highest BCUT2D eigenvalue weighted by Crippen LogP contribution is 2.24. The van der Waals surface area contributed by atoms with Crippen LogP contribution in [-0.4, -0.2) is 96.0 Å². The van der Waals surface area contributed by atoms with Crippen LogP contribution in [0.25, 0.3) is 0 Å². The van der Waals surface area contributed by atoms with Crippen molar-refractivity contribution >= 4 is 22.1 Å². The van der Waals surface area contributed by atoms with Crippen molar-refractivity contribution in [2.45, 2.75) is 263 Å². The summed E-state index contributed by atoms with van der Waals surface area (Å²) in [5.41, 5.74) is 0. The lowest BCUT2D eigenvalue weighted by atomic mass is 10.00. The Hall–Kier alpha value is -1.61. The number of unbranched alkanes of at least 4 members (excludes halogenated alkanes) is 28. The zero-order chi connectivity index (χ0) is 44.8. The van der Waals surface area contributed by atoms with E-state index in [1.807, 2.05) is 0 Å². The summed E-state index contributed by atoms with van der Waals surface area (Å²) in [6.45, 7) is 3.71. The SMILES string of the molecule is CCC/C=C\CCCCCCCC(=O)OC(COC(=O)CCCCCCCCCCCCCCCCCCCCCCCCC)COC1OC(CS(=O)(=O)O)C(O)C(O)C1O. The van der Waals surface area contributed by atoms with Crippen LogP contribution in [0.15, 0.2) is 12.2 Å². The van der Waals surface area contributed by atoms with Crippen LogP contribution in [-0.2, 0) is 38.7 Å². The van der Waals surface area contributed by atoms with Gasteiger partial charge < -0.3 is 34.3 Å². The van der Waals surface area contributed by atoms with Gasteiger partial charge in [-0.2, -0.15) is 8.42 Å². The molecule has 0 aromatic rings. The van der Waals surface area contributed by atoms with Crippen molar-refractivity contribution in [3.8, 4) is 0 Å². The van der Waals surface area contributed by atoms with E-state index in [1.165, 1.54) is 122 Å².